The van der Waals surface area contributed by atoms with Gasteiger partial charge in [-0.3, -0.25) is 9.79 Å². The number of likely N-dealkylation sites (tertiary alicyclic amines) is 1. The highest BCUT2D eigenvalue weighted by atomic mass is 127. The number of amides is 1. The molecule has 1 aliphatic heterocycles. The second kappa shape index (κ2) is 12.6. The maximum absolute atomic E-state index is 12.2. The minimum Gasteiger partial charge on any atom is -0.469 e. The van der Waals surface area contributed by atoms with E-state index in [-0.39, 0.29) is 35.8 Å². The first-order valence-corrected chi connectivity index (χ1v) is 11.4. The zero-order valence-corrected chi connectivity index (χ0v) is 21.1. The van der Waals surface area contributed by atoms with E-state index in [1.165, 1.54) is 25.7 Å². The molecule has 2 heterocycles. The van der Waals surface area contributed by atoms with Gasteiger partial charge in [0.1, 0.15) is 5.76 Å². The fourth-order valence-electron chi connectivity index (χ4n) is 4.37. The molecule has 7 heteroatoms. The summed E-state index contributed by atoms with van der Waals surface area (Å²) in [6, 6.07) is 4.77. The Morgan fingerprint density at radius 3 is 2.57 bits per heavy atom. The van der Waals surface area contributed by atoms with E-state index in [2.05, 4.69) is 17.6 Å². The van der Waals surface area contributed by atoms with Crippen molar-refractivity contribution in [1.29, 1.82) is 0 Å². The lowest BCUT2D eigenvalue weighted by Crippen LogP contribution is -2.53. The molecule has 0 spiro atoms. The number of aliphatic imine (C=N–C) groups is 1. The third kappa shape index (κ3) is 7.46. The molecular formula is C23H39IN4O2. The summed E-state index contributed by atoms with van der Waals surface area (Å²) in [5.74, 6) is 2.91. The summed E-state index contributed by atoms with van der Waals surface area (Å²) >= 11 is 0. The second-order valence-electron chi connectivity index (χ2n) is 8.97. The fraction of sp³-hybridized carbons (Fsp3) is 0.739. The zero-order valence-electron chi connectivity index (χ0n) is 18.7. The lowest BCUT2D eigenvalue weighted by Gasteiger charge is -2.36. The van der Waals surface area contributed by atoms with Gasteiger partial charge in [0.2, 0.25) is 5.91 Å². The highest BCUT2D eigenvalue weighted by molar-refractivity contribution is 14.0. The predicted octanol–water partition coefficient (Wildman–Crippen LogP) is 4.20. The van der Waals surface area contributed by atoms with Crippen LogP contribution < -0.4 is 10.6 Å². The van der Waals surface area contributed by atoms with Crippen molar-refractivity contribution in [2.24, 2.45) is 16.8 Å². The van der Waals surface area contributed by atoms with E-state index < -0.39 is 0 Å². The molecule has 1 aromatic heterocycles. The van der Waals surface area contributed by atoms with Crippen LogP contribution >= 0.6 is 24.0 Å². The van der Waals surface area contributed by atoms with Gasteiger partial charge >= 0.3 is 0 Å². The summed E-state index contributed by atoms with van der Waals surface area (Å²) < 4.78 is 5.44. The molecule has 2 fully saturated rings. The van der Waals surface area contributed by atoms with E-state index in [1.807, 2.05) is 30.9 Å². The van der Waals surface area contributed by atoms with Crippen LogP contribution in [-0.2, 0) is 11.2 Å². The number of hydrogen-bond acceptors (Lipinski definition) is 3. The summed E-state index contributed by atoms with van der Waals surface area (Å²) in [5.41, 5.74) is 0. The largest absolute Gasteiger partial charge is 0.469 e. The average Bonchev–Trinajstić information content (AvgIpc) is 3.23. The van der Waals surface area contributed by atoms with Gasteiger partial charge in [0, 0.05) is 44.1 Å². The molecule has 0 bridgehead atoms. The molecule has 3 rings (SSSR count). The molecule has 30 heavy (non-hydrogen) atoms. The molecule has 1 amide bonds. The van der Waals surface area contributed by atoms with Gasteiger partial charge in [-0.1, -0.05) is 33.6 Å². The molecule has 1 aliphatic carbocycles. The molecule has 0 aromatic carbocycles. The first-order chi connectivity index (χ1) is 14.0. The Labute approximate surface area is 198 Å². The monoisotopic (exact) mass is 530 g/mol. The molecular weight excluding hydrogens is 491 g/mol. The highest BCUT2D eigenvalue weighted by Crippen LogP contribution is 2.23. The summed E-state index contributed by atoms with van der Waals surface area (Å²) in [5, 5.41) is 7.38. The van der Waals surface area contributed by atoms with Crippen molar-refractivity contribution in [3.63, 3.8) is 0 Å². The van der Waals surface area contributed by atoms with Crippen molar-refractivity contribution in [1.82, 2.24) is 15.5 Å². The minimum absolute atomic E-state index is 0. The van der Waals surface area contributed by atoms with Gasteiger partial charge in [0.25, 0.3) is 0 Å². The van der Waals surface area contributed by atoms with Gasteiger partial charge in [-0.05, 0) is 43.7 Å². The zero-order chi connectivity index (χ0) is 20.6. The van der Waals surface area contributed by atoms with Crippen LogP contribution in [0.2, 0.25) is 0 Å². The van der Waals surface area contributed by atoms with Gasteiger partial charge in [-0.25, -0.2) is 0 Å². The van der Waals surface area contributed by atoms with E-state index in [1.54, 1.807) is 6.26 Å². The maximum atomic E-state index is 12.2. The molecule has 2 atom stereocenters. The molecule has 2 aliphatic rings. The number of rotatable bonds is 6. The third-order valence-electron chi connectivity index (χ3n) is 6.28. The van der Waals surface area contributed by atoms with E-state index in [0.29, 0.717) is 24.5 Å². The SMILES string of the molecule is CC(C)C(=O)N1CCC(NC(=NCCc2ccco2)NC2CCCCC2C)CC1.I. The minimum atomic E-state index is 0. The number of nitrogens with one attached hydrogen (secondary N) is 2. The highest BCUT2D eigenvalue weighted by Gasteiger charge is 2.26. The van der Waals surface area contributed by atoms with Crippen molar-refractivity contribution in [3.05, 3.63) is 24.2 Å². The van der Waals surface area contributed by atoms with Crippen molar-refractivity contribution < 1.29 is 9.21 Å². The molecule has 2 unspecified atom stereocenters. The van der Waals surface area contributed by atoms with Crippen molar-refractivity contribution in [2.45, 2.75) is 77.8 Å². The molecule has 1 saturated carbocycles. The van der Waals surface area contributed by atoms with E-state index >= 15 is 0 Å². The number of carbonyl (C=O) groups is 1. The quantitative estimate of drug-likeness (QED) is 0.329. The van der Waals surface area contributed by atoms with Crippen LogP contribution in [0.5, 0.6) is 0 Å². The Morgan fingerprint density at radius 2 is 1.93 bits per heavy atom. The van der Waals surface area contributed by atoms with Crippen molar-refractivity contribution in [3.8, 4) is 0 Å². The summed E-state index contributed by atoms with van der Waals surface area (Å²) in [4.78, 5) is 19.1. The molecule has 1 saturated heterocycles. The Kier molecular flexibility index (Phi) is 10.5. The summed E-state index contributed by atoms with van der Waals surface area (Å²) in [6.45, 7) is 8.65. The Hall–Kier alpha value is -1.25. The molecule has 0 radical (unpaired) electrons. The van der Waals surface area contributed by atoms with Gasteiger partial charge in [0.15, 0.2) is 5.96 Å². The molecule has 2 N–H and O–H groups in total. The lowest BCUT2D eigenvalue weighted by molar-refractivity contribution is -0.135. The van der Waals surface area contributed by atoms with Crippen LogP contribution in [0.1, 0.15) is 65.1 Å². The fourth-order valence-corrected chi connectivity index (χ4v) is 4.37. The molecule has 1 aromatic rings. The third-order valence-corrected chi connectivity index (χ3v) is 6.28. The van der Waals surface area contributed by atoms with Gasteiger partial charge in [-0.2, -0.15) is 0 Å². The normalized spacial score (nSPS) is 23.2. The number of nitrogens with zero attached hydrogens (tertiary/aromatic N) is 2. The second-order valence-corrected chi connectivity index (χ2v) is 8.97. The Bertz CT molecular complexity index is 654. The number of halogens is 1. The summed E-state index contributed by atoms with van der Waals surface area (Å²) in [7, 11) is 0. The first kappa shape index (κ1) is 25.0. The molecule has 170 valence electrons. The van der Waals surface area contributed by atoms with Crippen LogP contribution in [0.3, 0.4) is 0 Å². The Morgan fingerprint density at radius 1 is 1.20 bits per heavy atom. The molecule has 6 nitrogen and oxygen atoms in total. The van der Waals surface area contributed by atoms with Crippen LogP contribution in [0.25, 0.3) is 0 Å². The van der Waals surface area contributed by atoms with E-state index in [4.69, 9.17) is 9.41 Å². The van der Waals surface area contributed by atoms with E-state index in [9.17, 15) is 4.79 Å². The average molecular weight is 530 g/mol. The van der Waals surface area contributed by atoms with Crippen molar-refractivity contribution in [2.75, 3.05) is 19.6 Å². The van der Waals surface area contributed by atoms with Gasteiger partial charge < -0.3 is 20.0 Å². The first-order valence-electron chi connectivity index (χ1n) is 11.4. The van der Waals surface area contributed by atoms with Crippen molar-refractivity contribution >= 4 is 35.8 Å². The van der Waals surface area contributed by atoms with Crippen LogP contribution in [0.15, 0.2) is 27.8 Å². The summed E-state index contributed by atoms with van der Waals surface area (Å²) in [6.07, 6.45) is 9.58. The predicted molar refractivity (Wildman–Crippen MR) is 132 cm³/mol. The van der Waals surface area contributed by atoms with Crippen LogP contribution in [0, 0.1) is 11.8 Å². The maximum Gasteiger partial charge on any atom is 0.225 e. The lowest BCUT2D eigenvalue weighted by atomic mass is 9.86. The van der Waals surface area contributed by atoms with Crippen LogP contribution in [-0.4, -0.2) is 48.5 Å². The Balaban J connectivity index is 0.00000320. The number of carbonyl (C=O) groups excluding carboxylic acids is 1. The van der Waals surface area contributed by atoms with Crippen LogP contribution in [0.4, 0.5) is 0 Å². The number of furan rings is 1. The van der Waals surface area contributed by atoms with Gasteiger partial charge in [-0.15, -0.1) is 24.0 Å². The number of hydrogen-bond donors (Lipinski definition) is 2. The standard InChI is InChI=1S/C23H38N4O2.HI/c1-17(2)22(28)27-14-11-19(12-15-27)25-23(24-13-10-20-8-6-16-29-20)26-21-9-5-4-7-18(21)3;/h6,8,16-19,21H,4-5,7,9-15H2,1-3H3,(H2,24,25,26);1H. The number of guanidine groups is 1. The topological polar surface area (TPSA) is 69.9 Å². The smallest absolute Gasteiger partial charge is 0.225 e. The van der Waals surface area contributed by atoms with Gasteiger partial charge in [0.05, 0.1) is 6.26 Å². The number of piperidine rings is 1. The van der Waals surface area contributed by atoms with E-state index in [0.717, 1.165) is 44.1 Å².